The lowest BCUT2D eigenvalue weighted by Crippen LogP contribution is -2.20. The lowest BCUT2D eigenvalue weighted by atomic mass is 10.1. The van der Waals surface area contributed by atoms with Crippen molar-refractivity contribution in [1.82, 2.24) is 0 Å². The molecule has 0 aliphatic carbocycles. The Bertz CT molecular complexity index is 896. The fourth-order valence-electron chi connectivity index (χ4n) is 2.99. The molecule has 0 saturated carbocycles. The van der Waals surface area contributed by atoms with Crippen LogP contribution in [-0.2, 0) is 15.9 Å². The molecular formula is C21H22O3. The molecule has 3 nitrogen and oxygen atoms in total. The second-order valence-corrected chi connectivity index (χ2v) is 5.72. The molecule has 0 fully saturated rings. The van der Waals surface area contributed by atoms with Gasteiger partial charge in [0.25, 0.3) is 0 Å². The van der Waals surface area contributed by atoms with Crippen molar-refractivity contribution in [3.05, 3.63) is 70.4 Å². The van der Waals surface area contributed by atoms with Crippen molar-refractivity contribution in [2.75, 3.05) is 13.2 Å². The number of hydrogen-bond acceptors (Lipinski definition) is 3. The Morgan fingerprint density at radius 3 is 2.25 bits per heavy atom. The molecule has 0 heterocycles. The predicted molar refractivity (Wildman–Crippen MR) is 98.5 cm³/mol. The average Bonchev–Trinajstić information content (AvgIpc) is 2.73. The molecule has 0 bridgehead atoms. The topological polar surface area (TPSA) is 35.5 Å². The number of hydrogen-bond donors (Lipinski definition) is 0. The molecule has 3 aromatic rings. The second kappa shape index (κ2) is 7.56. The minimum absolute atomic E-state index is 0.0725. The monoisotopic (exact) mass is 322 g/mol. The minimum atomic E-state index is -0.249. The van der Waals surface area contributed by atoms with E-state index in [0.717, 1.165) is 27.1 Å². The quantitative estimate of drug-likeness (QED) is 0.635. The molecule has 0 spiro atoms. The van der Waals surface area contributed by atoms with E-state index in [4.69, 9.17) is 9.47 Å². The number of fused-ring (bicyclic) bond motifs is 2. The van der Waals surface area contributed by atoms with Crippen LogP contribution in [-0.4, -0.2) is 19.5 Å². The van der Waals surface area contributed by atoms with Crippen molar-refractivity contribution >= 4 is 21.5 Å². The number of benzene rings is 2. The first-order valence-corrected chi connectivity index (χ1v) is 8.40. The van der Waals surface area contributed by atoms with Gasteiger partial charge in [0.2, 0.25) is 0 Å². The van der Waals surface area contributed by atoms with E-state index in [1.165, 1.54) is 0 Å². The molecule has 0 aliphatic rings. The highest BCUT2D eigenvalue weighted by Gasteiger charge is 2.10. The Balaban J connectivity index is 2.05. The summed E-state index contributed by atoms with van der Waals surface area (Å²) in [5, 5.41) is 3.40. The summed E-state index contributed by atoms with van der Waals surface area (Å²) in [6, 6.07) is 17.7. The van der Waals surface area contributed by atoms with Gasteiger partial charge >= 0.3 is 0 Å². The summed E-state index contributed by atoms with van der Waals surface area (Å²) in [7, 11) is 0. The van der Waals surface area contributed by atoms with E-state index in [2.05, 4.69) is 6.07 Å². The zero-order valence-corrected chi connectivity index (χ0v) is 14.1. The van der Waals surface area contributed by atoms with Crippen molar-refractivity contribution in [3.8, 4) is 0 Å². The van der Waals surface area contributed by atoms with Gasteiger partial charge in [-0.2, -0.15) is 0 Å². The van der Waals surface area contributed by atoms with E-state index >= 15 is 0 Å². The van der Waals surface area contributed by atoms with Crippen LogP contribution in [0.5, 0.6) is 0 Å². The van der Waals surface area contributed by atoms with E-state index in [1.807, 2.05) is 62.4 Å². The Hall–Kier alpha value is -2.23. The van der Waals surface area contributed by atoms with Crippen molar-refractivity contribution in [3.63, 3.8) is 0 Å². The molecule has 0 saturated heterocycles. The first-order valence-electron chi connectivity index (χ1n) is 8.40. The summed E-state index contributed by atoms with van der Waals surface area (Å²) in [5.74, 6) is 0. The van der Waals surface area contributed by atoms with Crippen LogP contribution < -0.4 is 5.43 Å². The van der Waals surface area contributed by atoms with E-state index in [-0.39, 0.29) is 11.7 Å². The molecule has 3 heteroatoms. The molecule has 0 atom stereocenters. The molecule has 124 valence electrons. The van der Waals surface area contributed by atoms with Crippen LogP contribution in [0.3, 0.4) is 0 Å². The van der Waals surface area contributed by atoms with Crippen molar-refractivity contribution in [1.29, 1.82) is 0 Å². The Morgan fingerprint density at radius 2 is 1.50 bits per heavy atom. The third-order valence-electron chi connectivity index (χ3n) is 4.12. The maximum Gasteiger partial charge on any atom is 0.194 e. The maximum absolute atomic E-state index is 12.8. The summed E-state index contributed by atoms with van der Waals surface area (Å²) in [5.41, 5.74) is 1.17. The standard InChI is InChI=1S/C21H22O3/c1-3-23-20(24-4-2)14-15-9-12-19-17(13-15)11-10-16-7-5-6-8-18(16)21(19)22/h5-13,20H,3-4,14H2,1-2H3. The van der Waals surface area contributed by atoms with Crippen molar-refractivity contribution in [2.24, 2.45) is 0 Å². The molecule has 0 amide bonds. The van der Waals surface area contributed by atoms with Gasteiger partial charge in [0.15, 0.2) is 11.7 Å². The maximum atomic E-state index is 12.8. The van der Waals surface area contributed by atoms with Gasteiger partial charge in [-0.15, -0.1) is 0 Å². The summed E-state index contributed by atoms with van der Waals surface area (Å²) < 4.78 is 11.2. The lowest BCUT2D eigenvalue weighted by molar-refractivity contribution is -0.134. The second-order valence-electron chi connectivity index (χ2n) is 5.72. The van der Waals surface area contributed by atoms with Gasteiger partial charge in [0, 0.05) is 30.4 Å². The summed E-state index contributed by atoms with van der Waals surface area (Å²) in [4.78, 5) is 12.8. The van der Waals surface area contributed by atoms with Gasteiger partial charge < -0.3 is 9.47 Å². The summed E-state index contributed by atoms with van der Waals surface area (Å²) in [6.07, 6.45) is 0.421. The molecule has 0 unspecified atom stereocenters. The Kier molecular flexibility index (Phi) is 5.24. The van der Waals surface area contributed by atoms with Gasteiger partial charge in [0.05, 0.1) is 0 Å². The van der Waals surface area contributed by atoms with Crippen LogP contribution in [0, 0.1) is 0 Å². The predicted octanol–water partition coefficient (Wildman–Crippen LogP) is 4.29. The van der Waals surface area contributed by atoms with Crippen molar-refractivity contribution in [2.45, 2.75) is 26.6 Å². The van der Waals surface area contributed by atoms with E-state index in [9.17, 15) is 4.79 Å². The van der Waals surface area contributed by atoms with Gasteiger partial charge in [0.1, 0.15) is 0 Å². The van der Waals surface area contributed by atoms with Crippen LogP contribution >= 0.6 is 0 Å². The third kappa shape index (κ3) is 3.48. The van der Waals surface area contributed by atoms with Gasteiger partial charge in [-0.3, -0.25) is 4.79 Å². The van der Waals surface area contributed by atoms with Gasteiger partial charge in [-0.1, -0.05) is 54.6 Å². The average molecular weight is 322 g/mol. The zero-order chi connectivity index (χ0) is 16.9. The third-order valence-corrected chi connectivity index (χ3v) is 4.12. The molecule has 0 radical (unpaired) electrons. The van der Waals surface area contributed by atoms with E-state index < -0.39 is 0 Å². The molecule has 0 aromatic heterocycles. The Labute approximate surface area is 141 Å². The van der Waals surface area contributed by atoms with Crippen molar-refractivity contribution < 1.29 is 9.47 Å². The highest BCUT2D eigenvalue weighted by molar-refractivity contribution is 5.93. The van der Waals surface area contributed by atoms with E-state index in [1.54, 1.807) is 0 Å². The molecular weight excluding hydrogens is 300 g/mol. The fourth-order valence-corrected chi connectivity index (χ4v) is 2.99. The normalized spacial score (nSPS) is 11.5. The first kappa shape index (κ1) is 16.6. The first-order chi connectivity index (χ1) is 11.7. The molecule has 0 aliphatic heterocycles. The number of ether oxygens (including phenoxy) is 2. The summed E-state index contributed by atoms with van der Waals surface area (Å²) >= 11 is 0. The Morgan fingerprint density at radius 1 is 0.833 bits per heavy atom. The number of rotatable bonds is 6. The molecule has 24 heavy (non-hydrogen) atoms. The minimum Gasteiger partial charge on any atom is -0.353 e. The molecule has 3 aromatic carbocycles. The summed E-state index contributed by atoms with van der Waals surface area (Å²) in [6.45, 7) is 5.15. The highest BCUT2D eigenvalue weighted by Crippen LogP contribution is 2.18. The largest absolute Gasteiger partial charge is 0.353 e. The van der Waals surface area contributed by atoms with Gasteiger partial charge in [-0.25, -0.2) is 0 Å². The van der Waals surface area contributed by atoms with Crippen LogP contribution in [0.15, 0.2) is 59.4 Å². The lowest BCUT2D eigenvalue weighted by Gasteiger charge is -2.17. The van der Waals surface area contributed by atoms with Crippen LogP contribution in [0.25, 0.3) is 21.5 Å². The van der Waals surface area contributed by atoms with Gasteiger partial charge in [-0.05, 0) is 30.2 Å². The fraction of sp³-hybridized carbons (Fsp3) is 0.286. The molecule has 0 N–H and O–H groups in total. The van der Waals surface area contributed by atoms with E-state index in [0.29, 0.717) is 19.6 Å². The SMILES string of the molecule is CCOC(Cc1ccc2c(=O)c3ccccc3ccc2c1)OCC. The van der Waals surface area contributed by atoms with Crippen LogP contribution in [0.4, 0.5) is 0 Å². The zero-order valence-electron chi connectivity index (χ0n) is 14.1. The van der Waals surface area contributed by atoms with Crippen LogP contribution in [0.1, 0.15) is 19.4 Å². The molecule has 3 rings (SSSR count). The highest BCUT2D eigenvalue weighted by atomic mass is 16.7. The van der Waals surface area contributed by atoms with Crippen LogP contribution in [0.2, 0.25) is 0 Å². The smallest absolute Gasteiger partial charge is 0.194 e.